The van der Waals surface area contributed by atoms with E-state index >= 15 is 0 Å². The van der Waals surface area contributed by atoms with Gasteiger partial charge in [0.25, 0.3) is 5.91 Å². The van der Waals surface area contributed by atoms with Crippen LogP contribution in [-0.4, -0.2) is 44.1 Å². The van der Waals surface area contributed by atoms with E-state index in [9.17, 15) is 9.59 Å². The van der Waals surface area contributed by atoms with Gasteiger partial charge in [0, 0.05) is 24.4 Å². The zero-order chi connectivity index (χ0) is 17.0. The van der Waals surface area contributed by atoms with Gasteiger partial charge in [-0.3, -0.25) is 4.79 Å². The standard InChI is InChI=1S/C17H18ClNO4/c1-11-15(17(21)23-3)13(16(20)19(11)8-9-22-2)10-12-6-4-5-7-14(12)18/h4-7,10H,8-9H2,1-3H3/b13-10-. The summed E-state index contributed by atoms with van der Waals surface area (Å²) in [7, 11) is 2.85. The zero-order valence-corrected chi connectivity index (χ0v) is 14.0. The van der Waals surface area contributed by atoms with Gasteiger partial charge in [-0.2, -0.15) is 0 Å². The molecule has 1 aliphatic heterocycles. The molecule has 0 N–H and O–H groups in total. The lowest BCUT2D eigenvalue weighted by molar-refractivity contribution is -0.136. The van der Waals surface area contributed by atoms with E-state index in [0.717, 1.165) is 0 Å². The molecule has 0 aliphatic carbocycles. The van der Waals surface area contributed by atoms with Crippen LogP contribution in [0.4, 0.5) is 0 Å². The minimum Gasteiger partial charge on any atom is -0.465 e. The van der Waals surface area contributed by atoms with Crippen molar-refractivity contribution in [3.63, 3.8) is 0 Å². The second kappa shape index (κ2) is 7.44. The number of benzene rings is 1. The first-order chi connectivity index (χ1) is 11.0. The molecule has 0 unspecified atom stereocenters. The highest BCUT2D eigenvalue weighted by molar-refractivity contribution is 6.32. The number of nitrogens with zero attached hydrogens (tertiary/aromatic N) is 1. The van der Waals surface area contributed by atoms with Gasteiger partial charge in [-0.05, 0) is 24.6 Å². The minimum atomic E-state index is -0.547. The van der Waals surface area contributed by atoms with Gasteiger partial charge in [0.05, 0.1) is 24.9 Å². The van der Waals surface area contributed by atoms with E-state index in [1.165, 1.54) is 12.0 Å². The van der Waals surface area contributed by atoms with Crippen LogP contribution < -0.4 is 0 Å². The van der Waals surface area contributed by atoms with Crippen molar-refractivity contribution >= 4 is 29.6 Å². The van der Waals surface area contributed by atoms with Gasteiger partial charge in [-0.25, -0.2) is 4.79 Å². The minimum absolute atomic E-state index is 0.258. The number of ether oxygens (including phenoxy) is 2. The van der Waals surface area contributed by atoms with Crippen LogP contribution in [0.2, 0.25) is 5.02 Å². The fourth-order valence-electron chi connectivity index (χ4n) is 2.43. The second-order valence-corrected chi connectivity index (χ2v) is 5.39. The third kappa shape index (κ3) is 3.46. The number of methoxy groups -OCH3 is 2. The van der Waals surface area contributed by atoms with E-state index < -0.39 is 5.97 Å². The summed E-state index contributed by atoms with van der Waals surface area (Å²) >= 11 is 6.15. The Balaban J connectivity index is 2.50. The largest absolute Gasteiger partial charge is 0.465 e. The Morgan fingerprint density at radius 3 is 2.61 bits per heavy atom. The average molecular weight is 336 g/mol. The smallest absolute Gasteiger partial charge is 0.340 e. The number of hydrogen-bond acceptors (Lipinski definition) is 4. The summed E-state index contributed by atoms with van der Waals surface area (Å²) in [6, 6.07) is 7.12. The summed E-state index contributed by atoms with van der Waals surface area (Å²) in [6.07, 6.45) is 1.62. The van der Waals surface area contributed by atoms with E-state index in [1.54, 1.807) is 38.3 Å². The van der Waals surface area contributed by atoms with Crippen molar-refractivity contribution in [1.29, 1.82) is 0 Å². The van der Waals surface area contributed by atoms with Crippen molar-refractivity contribution in [3.8, 4) is 0 Å². The number of rotatable bonds is 5. The van der Waals surface area contributed by atoms with Crippen LogP contribution in [0, 0.1) is 0 Å². The zero-order valence-electron chi connectivity index (χ0n) is 13.3. The van der Waals surface area contributed by atoms with E-state index in [2.05, 4.69) is 0 Å². The van der Waals surface area contributed by atoms with Crippen molar-refractivity contribution in [3.05, 3.63) is 51.7 Å². The van der Waals surface area contributed by atoms with Crippen LogP contribution in [-0.2, 0) is 19.1 Å². The van der Waals surface area contributed by atoms with Gasteiger partial charge in [-0.15, -0.1) is 0 Å². The molecule has 0 aromatic heterocycles. The number of amides is 1. The third-order valence-corrected chi connectivity index (χ3v) is 3.97. The lowest BCUT2D eigenvalue weighted by atomic mass is 10.0. The van der Waals surface area contributed by atoms with Crippen molar-refractivity contribution in [2.24, 2.45) is 0 Å². The Morgan fingerprint density at radius 1 is 1.30 bits per heavy atom. The highest BCUT2D eigenvalue weighted by Crippen LogP contribution is 2.32. The van der Waals surface area contributed by atoms with Crippen LogP contribution in [0.25, 0.3) is 6.08 Å². The molecule has 0 saturated carbocycles. The van der Waals surface area contributed by atoms with Crippen molar-refractivity contribution in [2.45, 2.75) is 6.92 Å². The number of hydrogen-bond donors (Lipinski definition) is 0. The van der Waals surface area contributed by atoms with Gasteiger partial charge in [0.15, 0.2) is 0 Å². The highest BCUT2D eigenvalue weighted by Gasteiger charge is 2.36. The van der Waals surface area contributed by atoms with Crippen LogP contribution in [0.5, 0.6) is 0 Å². The predicted octanol–water partition coefficient (Wildman–Crippen LogP) is 2.66. The number of allylic oxidation sites excluding steroid dienone is 1. The van der Waals surface area contributed by atoms with E-state index in [1.807, 2.05) is 6.07 Å². The lowest BCUT2D eigenvalue weighted by Gasteiger charge is -2.16. The van der Waals surface area contributed by atoms with Crippen LogP contribution in [0.15, 0.2) is 41.1 Å². The topological polar surface area (TPSA) is 55.8 Å². The molecule has 1 aliphatic rings. The van der Waals surface area contributed by atoms with Crippen molar-refractivity contribution in [1.82, 2.24) is 4.90 Å². The fourth-order valence-corrected chi connectivity index (χ4v) is 2.62. The number of carbonyl (C=O) groups is 2. The predicted molar refractivity (Wildman–Crippen MR) is 87.7 cm³/mol. The number of esters is 1. The average Bonchev–Trinajstić information content (AvgIpc) is 2.77. The molecule has 5 nitrogen and oxygen atoms in total. The van der Waals surface area contributed by atoms with E-state index in [4.69, 9.17) is 21.1 Å². The molecular weight excluding hydrogens is 318 g/mol. The molecule has 0 radical (unpaired) electrons. The number of halogens is 1. The molecule has 1 amide bonds. The molecule has 6 heteroatoms. The molecule has 2 rings (SSSR count). The van der Waals surface area contributed by atoms with E-state index in [0.29, 0.717) is 29.4 Å². The molecule has 0 bridgehead atoms. The summed E-state index contributed by atoms with van der Waals surface area (Å²) in [6.45, 7) is 2.45. The van der Waals surface area contributed by atoms with Crippen molar-refractivity contribution < 1.29 is 19.1 Å². The first-order valence-corrected chi connectivity index (χ1v) is 7.45. The first-order valence-electron chi connectivity index (χ1n) is 7.07. The molecule has 122 valence electrons. The van der Waals surface area contributed by atoms with Gasteiger partial charge < -0.3 is 14.4 Å². The Hall–Kier alpha value is -2.11. The molecule has 23 heavy (non-hydrogen) atoms. The van der Waals surface area contributed by atoms with Crippen LogP contribution >= 0.6 is 11.6 Å². The van der Waals surface area contributed by atoms with Gasteiger partial charge in [0.2, 0.25) is 0 Å². The quantitative estimate of drug-likeness (QED) is 0.613. The molecule has 0 fully saturated rings. The molecule has 1 aromatic carbocycles. The molecule has 0 spiro atoms. The van der Waals surface area contributed by atoms with E-state index in [-0.39, 0.29) is 17.1 Å². The SMILES string of the molecule is COCCN1C(=O)/C(=C\c2ccccc2Cl)C(C(=O)OC)=C1C. The summed E-state index contributed by atoms with van der Waals surface area (Å²) in [5, 5.41) is 0.505. The van der Waals surface area contributed by atoms with Crippen LogP contribution in [0.1, 0.15) is 12.5 Å². The second-order valence-electron chi connectivity index (χ2n) is 4.98. The highest BCUT2D eigenvalue weighted by atomic mass is 35.5. The lowest BCUT2D eigenvalue weighted by Crippen LogP contribution is -2.28. The fraction of sp³-hybridized carbons (Fsp3) is 0.294. The molecule has 1 aromatic rings. The van der Waals surface area contributed by atoms with Gasteiger partial charge >= 0.3 is 5.97 Å². The summed E-state index contributed by atoms with van der Waals surface area (Å²) in [5.41, 5.74) is 1.75. The monoisotopic (exact) mass is 335 g/mol. The van der Waals surface area contributed by atoms with Crippen LogP contribution in [0.3, 0.4) is 0 Å². The number of carbonyl (C=O) groups excluding carboxylic acids is 2. The molecule has 0 saturated heterocycles. The Labute approximate surface area is 140 Å². The summed E-state index contributed by atoms with van der Waals surface area (Å²) < 4.78 is 9.84. The first kappa shape index (κ1) is 17.2. The molecule has 0 atom stereocenters. The Bertz CT molecular complexity index is 694. The maximum Gasteiger partial charge on any atom is 0.340 e. The summed E-state index contributed by atoms with van der Waals surface area (Å²) in [4.78, 5) is 26.3. The Morgan fingerprint density at radius 2 is 2.00 bits per heavy atom. The Kier molecular flexibility index (Phi) is 5.58. The maximum atomic E-state index is 12.7. The van der Waals surface area contributed by atoms with Gasteiger partial charge in [0.1, 0.15) is 0 Å². The normalized spacial score (nSPS) is 16.4. The molecule has 1 heterocycles. The van der Waals surface area contributed by atoms with Gasteiger partial charge in [-0.1, -0.05) is 29.8 Å². The third-order valence-electron chi connectivity index (χ3n) is 3.63. The van der Waals surface area contributed by atoms with Crippen molar-refractivity contribution in [2.75, 3.05) is 27.4 Å². The molecular formula is C17H18ClNO4. The summed E-state index contributed by atoms with van der Waals surface area (Å²) in [5.74, 6) is -0.811. The maximum absolute atomic E-state index is 12.7.